The zero-order chi connectivity index (χ0) is 26.3. The maximum Gasteiger partial charge on any atom is 0.212 e. The van der Waals surface area contributed by atoms with Crippen LogP contribution in [0.4, 0.5) is 0 Å². The van der Waals surface area contributed by atoms with E-state index in [0.29, 0.717) is 5.02 Å². The van der Waals surface area contributed by atoms with Gasteiger partial charge in [0.25, 0.3) is 0 Å². The maximum absolute atomic E-state index is 6.23. The molecule has 0 aliphatic heterocycles. The highest BCUT2D eigenvalue weighted by Crippen LogP contribution is 2.38. The monoisotopic (exact) mass is 607 g/mol. The first kappa shape index (κ1) is 24.0. The summed E-state index contributed by atoms with van der Waals surface area (Å²) in [4.78, 5) is 4.95. The molecule has 3 heterocycles. The predicted molar refractivity (Wildman–Crippen MR) is 163 cm³/mol. The van der Waals surface area contributed by atoms with Crippen LogP contribution in [-0.2, 0) is 0 Å². The molecule has 8 heteroatoms. The van der Waals surface area contributed by atoms with Crippen LogP contribution in [0.5, 0.6) is 0 Å². The van der Waals surface area contributed by atoms with Gasteiger partial charge in [0.2, 0.25) is 5.13 Å². The fourth-order valence-corrected chi connectivity index (χ4v) is 6.15. The quantitative estimate of drug-likeness (QED) is 0.196. The molecule has 0 saturated heterocycles. The molecule has 39 heavy (non-hydrogen) atoms. The number of fused-ring (bicyclic) bond motifs is 1. The number of nitrogens with zero attached hydrogens (tertiary/aromatic N) is 5. The van der Waals surface area contributed by atoms with E-state index in [4.69, 9.17) is 26.8 Å². The van der Waals surface area contributed by atoms with Gasteiger partial charge in [-0.2, -0.15) is 10.2 Å². The van der Waals surface area contributed by atoms with Crippen LogP contribution < -0.4 is 0 Å². The first-order valence-corrected chi connectivity index (χ1v) is 14.2. The van der Waals surface area contributed by atoms with Crippen molar-refractivity contribution in [3.8, 4) is 44.6 Å². The Morgan fingerprint density at radius 2 is 1.49 bits per heavy atom. The van der Waals surface area contributed by atoms with Crippen LogP contribution in [0, 0.1) is 0 Å². The molecule has 0 N–H and O–H groups in total. The van der Waals surface area contributed by atoms with Gasteiger partial charge in [-0.05, 0) is 48.5 Å². The zero-order valence-electron chi connectivity index (χ0n) is 20.4. The van der Waals surface area contributed by atoms with Gasteiger partial charge in [0.15, 0.2) is 0 Å². The topological polar surface area (TPSA) is 48.5 Å². The third-order valence-electron chi connectivity index (χ3n) is 6.43. The Balaban J connectivity index is 1.48. The highest BCUT2D eigenvalue weighted by Gasteiger charge is 2.22. The Labute approximate surface area is 242 Å². The van der Waals surface area contributed by atoms with Gasteiger partial charge in [-0.1, -0.05) is 99.5 Å². The Kier molecular flexibility index (Phi) is 6.12. The summed E-state index contributed by atoms with van der Waals surface area (Å²) in [6.07, 6.45) is 2.06. The van der Waals surface area contributed by atoms with Crippen LogP contribution in [0.2, 0.25) is 5.02 Å². The number of para-hydroxylation sites is 1. The van der Waals surface area contributed by atoms with Crippen molar-refractivity contribution in [3.63, 3.8) is 0 Å². The van der Waals surface area contributed by atoms with E-state index in [2.05, 4.69) is 46.4 Å². The molecule has 0 saturated carbocycles. The number of rotatable bonds is 5. The van der Waals surface area contributed by atoms with E-state index in [-0.39, 0.29) is 0 Å². The molecule has 4 aromatic carbocycles. The number of benzene rings is 4. The minimum atomic E-state index is 0.680. The van der Waals surface area contributed by atoms with Gasteiger partial charge in [0, 0.05) is 32.4 Å². The van der Waals surface area contributed by atoms with Crippen LogP contribution in [0.15, 0.2) is 120 Å². The summed E-state index contributed by atoms with van der Waals surface area (Å²) in [5.41, 5.74) is 7.43. The first-order chi connectivity index (χ1) is 19.1. The summed E-state index contributed by atoms with van der Waals surface area (Å²) < 4.78 is 5.95. The largest absolute Gasteiger partial charge is 0.240 e. The molecule has 188 valence electrons. The van der Waals surface area contributed by atoms with Gasteiger partial charge in [-0.15, -0.1) is 0 Å². The molecular formula is C31H19BrClN5S. The molecule has 0 bridgehead atoms. The first-order valence-electron chi connectivity index (χ1n) is 12.3. The molecule has 5 nitrogen and oxygen atoms in total. The molecule has 0 aliphatic rings. The molecule has 0 atom stereocenters. The fourth-order valence-electron chi connectivity index (χ4n) is 4.54. The van der Waals surface area contributed by atoms with Crippen molar-refractivity contribution in [3.05, 3.63) is 125 Å². The fraction of sp³-hybridized carbons (Fsp3) is 0. The smallest absolute Gasteiger partial charge is 0.212 e. The van der Waals surface area contributed by atoms with Crippen LogP contribution >= 0.6 is 38.9 Å². The van der Waals surface area contributed by atoms with Gasteiger partial charge in [0.05, 0.1) is 27.3 Å². The van der Waals surface area contributed by atoms with Crippen LogP contribution in [-0.4, -0.2) is 24.5 Å². The van der Waals surface area contributed by atoms with E-state index in [1.54, 1.807) is 11.3 Å². The second-order valence-corrected chi connectivity index (χ2v) is 11.3. The third-order valence-corrected chi connectivity index (χ3v) is 8.17. The van der Waals surface area contributed by atoms with Crippen molar-refractivity contribution in [2.24, 2.45) is 0 Å². The molecule has 7 rings (SSSR count). The van der Waals surface area contributed by atoms with Crippen LogP contribution in [0.3, 0.4) is 0 Å². The van der Waals surface area contributed by atoms with E-state index in [1.165, 1.54) is 0 Å². The average molecular weight is 609 g/mol. The van der Waals surface area contributed by atoms with Crippen molar-refractivity contribution in [2.75, 3.05) is 0 Å². The predicted octanol–water partition coefficient (Wildman–Crippen LogP) is 9.08. The number of halogens is 2. The van der Waals surface area contributed by atoms with E-state index >= 15 is 0 Å². The summed E-state index contributed by atoms with van der Waals surface area (Å²) in [5, 5.41) is 11.6. The average Bonchev–Trinajstić information content (AvgIpc) is 3.71. The molecule has 0 spiro atoms. The Bertz CT molecular complexity index is 1930. The molecule has 0 amide bonds. The van der Waals surface area contributed by atoms with Crippen LogP contribution in [0.1, 0.15) is 0 Å². The van der Waals surface area contributed by atoms with E-state index in [0.717, 1.165) is 59.3 Å². The third kappa shape index (κ3) is 4.59. The lowest BCUT2D eigenvalue weighted by atomic mass is 10.0. The van der Waals surface area contributed by atoms with Crippen LogP contribution in [0.25, 0.3) is 54.8 Å². The normalized spacial score (nSPS) is 11.3. The summed E-state index contributed by atoms with van der Waals surface area (Å²) >= 11 is 11.4. The van der Waals surface area contributed by atoms with Crippen molar-refractivity contribution in [2.45, 2.75) is 0 Å². The molecule has 3 aromatic heterocycles. The number of thiazole rings is 1. The summed E-state index contributed by atoms with van der Waals surface area (Å²) in [6.45, 7) is 0. The molecule has 0 aliphatic carbocycles. The zero-order valence-corrected chi connectivity index (χ0v) is 23.5. The Hall–Kier alpha value is -4.04. The van der Waals surface area contributed by atoms with E-state index in [9.17, 15) is 0 Å². The molecule has 0 unspecified atom stereocenters. The molecule has 0 fully saturated rings. The van der Waals surface area contributed by atoms with Crippen molar-refractivity contribution in [1.29, 1.82) is 0 Å². The lowest BCUT2D eigenvalue weighted by molar-refractivity contribution is 0.879. The van der Waals surface area contributed by atoms with Gasteiger partial charge in [-0.25, -0.2) is 14.3 Å². The number of aromatic nitrogens is 5. The van der Waals surface area contributed by atoms with Crippen molar-refractivity contribution in [1.82, 2.24) is 24.5 Å². The SMILES string of the molecule is Clc1ccc(-c2nn(-c3ccccc3)cc2-c2cc(-c3ccccc3)nn2-c2nc3ccc(Br)cc3s2)cc1. The van der Waals surface area contributed by atoms with E-state index in [1.807, 2.05) is 94.3 Å². The lowest BCUT2D eigenvalue weighted by Gasteiger charge is -2.05. The standard InChI is InChI=1S/C31H19BrClN5S/c32-22-13-16-26-29(17-22)39-31(34-26)38-28(18-27(35-38)20-7-3-1-4-8-20)25-19-37(24-9-5-2-6-10-24)36-30(25)21-11-14-23(33)15-12-21/h1-19H. The highest BCUT2D eigenvalue weighted by atomic mass is 79.9. The minimum Gasteiger partial charge on any atom is -0.240 e. The van der Waals surface area contributed by atoms with Crippen molar-refractivity contribution >= 4 is 49.1 Å². The Morgan fingerprint density at radius 3 is 2.26 bits per heavy atom. The number of hydrogen-bond acceptors (Lipinski definition) is 4. The summed E-state index contributed by atoms with van der Waals surface area (Å²) in [6, 6.07) is 36.3. The van der Waals surface area contributed by atoms with Gasteiger partial charge >= 0.3 is 0 Å². The highest BCUT2D eigenvalue weighted by molar-refractivity contribution is 9.10. The second kappa shape index (κ2) is 9.93. The second-order valence-electron chi connectivity index (χ2n) is 8.98. The summed E-state index contributed by atoms with van der Waals surface area (Å²) in [5.74, 6) is 0. The molecular weight excluding hydrogens is 590 g/mol. The van der Waals surface area contributed by atoms with Gasteiger partial charge in [-0.3, -0.25) is 0 Å². The van der Waals surface area contributed by atoms with Crippen molar-refractivity contribution < 1.29 is 0 Å². The molecule has 0 radical (unpaired) electrons. The Morgan fingerprint density at radius 1 is 0.744 bits per heavy atom. The minimum absolute atomic E-state index is 0.680. The maximum atomic E-state index is 6.23. The lowest BCUT2D eigenvalue weighted by Crippen LogP contribution is -1.99. The summed E-state index contributed by atoms with van der Waals surface area (Å²) in [7, 11) is 0. The van der Waals surface area contributed by atoms with Gasteiger partial charge < -0.3 is 0 Å². The van der Waals surface area contributed by atoms with E-state index < -0.39 is 0 Å². The van der Waals surface area contributed by atoms with Gasteiger partial charge in [0.1, 0.15) is 5.69 Å². The molecule has 7 aromatic rings. The number of hydrogen-bond donors (Lipinski definition) is 0.